The Morgan fingerprint density at radius 2 is 1.78 bits per heavy atom. The molecule has 0 N–H and O–H groups in total. The van der Waals surface area contributed by atoms with Crippen molar-refractivity contribution in [3.63, 3.8) is 0 Å². The largest absolute Gasteiger partial charge is 0.444 e. The van der Waals surface area contributed by atoms with Crippen LogP contribution in [0.2, 0.25) is 18.1 Å². The Balaban J connectivity index is 2.77. The molecule has 5 nitrogen and oxygen atoms in total. The molecule has 1 aliphatic rings. The van der Waals surface area contributed by atoms with Crippen LogP contribution in [-0.2, 0) is 14.0 Å². The molecular weight excluding hydrogens is 310 g/mol. The standard InChI is InChI=1S/C17H33NO4Si/c1-16(2,3)22-15(20)18-10-13(11-19)9-14(18)12-21-23(7,8)17(4,5)6/h11,13-14H,9-10,12H2,1-8H3/t13-,14-/m0/s1. The van der Waals surface area contributed by atoms with Crippen LogP contribution in [0.3, 0.4) is 0 Å². The summed E-state index contributed by atoms with van der Waals surface area (Å²) in [6.45, 7) is 17.4. The van der Waals surface area contributed by atoms with Crippen LogP contribution in [0.1, 0.15) is 48.0 Å². The summed E-state index contributed by atoms with van der Waals surface area (Å²) in [6, 6.07) is -0.0887. The number of amides is 1. The van der Waals surface area contributed by atoms with Gasteiger partial charge in [0.25, 0.3) is 0 Å². The molecule has 0 aromatic rings. The lowest BCUT2D eigenvalue weighted by molar-refractivity contribution is -0.110. The smallest absolute Gasteiger partial charge is 0.410 e. The number of hydrogen-bond acceptors (Lipinski definition) is 4. The molecule has 1 saturated heterocycles. The summed E-state index contributed by atoms with van der Waals surface area (Å²) in [7, 11) is -1.88. The van der Waals surface area contributed by atoms with Gasteiger partial charge in [-0.15, -0.1) is 0 Å². The highest BCUT2D eigenvalue weighted by molar-refractivity contribution is 6.74. The molecular formula is C17H33NO4Si. The minimum Gasteiger partial charge on any atom is -0.444 e. The highest BCUT2D eigenvalue weighted by atomic mass is 28.4. The van der Waals surface area contributed by atoms with E-state index in [-0.39, 0.29) is 23.1 Å². The van der Waals surface area contributed by atoms with E-state index >= 15 is 0 Å². The fourth-order valence-corrected chi connectivity index (χ4v) is 3.32. The molecule has 0 bridgehead atoms. The number of rotatable bonds is 4. The fourth-order valence-electron chi connectivity index (χ4n) is 2.27. The van der Waals surface area contributed by atoms with Crippen LogP contribution in [-0.4, -0.2) is 50.4 Å². The van der Waals surface area contributed by atoms with Gasteiger partial charge in [0.05, 0.1) is 12.6 Å². The van der Waals surface area contributed by atoms with E-state index in [0.29, 0.717) is 19.6 Å². The van der Waals surface area contributed by atoms with E-state index in [0.717, 1.165) is 6.29 Å². The van der Waals surface area contributed by atoms with Crippen molar-refractivity contribution in [3.8, 4) is 0 Å². The zero-order chi connectivity index (χ0) is 18.1. The first kappa shape index (κ1) is 20.2. The Labute approximate surface area is 141 Å². The Bertz CT molecular complexity index is 437. The lowest BCUT2D eigenvalue weighted by Crippen LogP contribution is -2.46. The van der Waals surface area contributed by atoms with E-state index in [1.54, 1.807) is 4.90 Å². The van der Waals surface area contributed by atoms with Crippen LogP contribution in [0.5, 0.6) is 0 Å². The molecule has 23 heavy (non-hydrogen) atoms. The highest BCUT2D eigenvalue weighted by Gasteiger charge is 2.41. The lowest BCUT2D eigenvalue weighted by Gasteiger charge is -2.38. The molecule has 0 unspecified atom stereocenters. The van der Waals surface area contributed by atoms with Gasteiger partial charge < -0.3 is 18.9 Å². The van der Waals surface area contributed by atoms with Crippen molar-refractivity contribution in [2.24, 2.45) is 5.92 Å². The van der Waals surface area contributed by atoms with Gasteiger partial charge in [0, 0.05) is 12.5 Å². The summed E-state index contributed by atoms with van der Waals surface area (Å²) in [6.07, 6.45) is 1.23. The first-order chi connectivity index (χ1) is 10.3. The van der Waals surface area contributed by atoms with Gasteiger partial charge in [0.2, 0.25) is 0 Å². The third-order valence-corrected chi connectivity index (χ3v) is 9.21. The number of likely N-dealkylation sites (tertiary alicyclic amines) is 1. The predicted octanol–water partition coefficient (Wildman–Crippen LogP) is 3.83. The average molecular weight is 344 g/mol. The molecule has 0 aliphatic carbocycles. The van der Waals surface area contributed by atoms with Crippen molar-refractivity contribution in [1.29, 1.82) is 0 Å². The SMILES string of the molecule is CC(C)(C)OC(=O)N1C[C@@H](C=O)C[C@H]1CO[Si](C)(C)C(C)(C)C. The topological polar surface area (TPSA) is 55.8 Å². The molecule has 0 saturated carbocycles. The van der Waals surface area contributed by atoms with Crippen molar-refractivity contribution < 1.29 is 18.8 Å². The van der Waals surface area contributed by atoms with Gasteiger partial charge in [-0.2, -0.15) is 0 Å². The van der Waals surface area contributed by atoms with E-state index in [4.69, 9.17) is 9.16 Å². The first-order valence-corrected chi connectivity index (χ1v) is 11.3. The minimum atomic E-state index is -1.88. The van der Waals surface area contributed by atoms with E-state index in [2.05, 4.69) is 33.9 Å². The van der Waals surface area contributed by atoms with Crippen molar-refractivity contribution in [3.05, 3.63) is 0 Å². The van der Waals surface area contributed by atoms with E-state index in [1.165, 1.54) is 0 Å². The van der Waals surface area contributed by atoms with Crippen LogP contribution < -0.4 is 0 Å². The second-order valence-electron chi connectivity index (χ2n) is 8.99. The quantitative estimate of drug-likeness (QED) is 0.575. The third kappa shape index (κ3) is 5.60. The second-order valence-corrected chi connectivity index (χ2v) is 13.8. The molecule has 0 spiro atoms. The maximum atomic E-state index is 12.4. The summed E-state index contributed by atoms with van der Waals surface area (Å²) >= 11 is 0. The molecule has 1 rings (SSSR count). The van der Waals surface area contributed by atoms with Gasteiger partial charge in [-0.05, 0) is 45.3 Å². The van der Waals surface area contributed by atoms with Crippen LogP contribution in [0.15, 0.2) is 0 Å². The number of carbonyl (C=O) groups is 2. The van der Waals surface area contributed by atoms with Crippen molar-refractivity contribution in [1.82, 2.24) is 4.90 Å². The average Bonchev–Trinajstić information content (AvgIpc) is 2.76. The summed E-state index contributed by atoms with van der Waals surface area (Å²) in [4.78, 5) is 25.2. The highest BCUT2D eigenvalue weighted by Crippen LogP contribution is 2.37. The van der Waals surface area contributed by atoms with Crippen molar-refractivity contribution in [2.45, 2.75) is 77.7 Å². The molecule has 134 valence electrons. The normalized spacial score (nSPS) is 23.0. The fraction of sp³-hybridized carbons (Fsp3) is 0.882. The minimum absolute atomic E-state index is 0.0887. The Morgan fingerprint density at radius 1 is 1.22 bits per heavy atom. The zero-order valence-corrected chi connectivity index (χ0v) is 16.9. The second kappa shape index (κ2) is 6.93. The molecule has 1 heterocycles. The summed E-state index contributed by atoms with van der Waals surface area (Å²) in [5, 5.41) is 0.117. The monoisotopic (exact) mass is 343 g/mol. The number of nitrogens with zero attached hydrogens (tertiary/aromatic N) is 1. The third-order valence-electron chi connectivity index (χ3n) is 4.71. The van der Waals surface area contributed by atoms with Crippen LogP contribution in [0.4, 0.5) is 4.79 Å². The van der Waals surface area contributed by atoms with Gasteiger partial charge in [-0.3, -0.25) is 0 Å². The Morgan fingerprint density at radius 3 is 2.22 bits per heavy atom. The predicted molar refractivity (Wildman–Crippen MR) is 94.0 cm³/mol. The Kier molecular flexibility index (Phi) is 6.07. The van der Waals surface area contributed by atoms with Gasteiger partial charge in [0.15, 0.2) is 8.32 Å². The number of hydrogen-bond donors (Lipinski definition) is 0. The van der Waals surface area contributed by atoms with Gasteiger partial charge in [0.1, 0.15) is 11.9 Å². The maximum Gasteiger partial charge on any atom is 0.410 e. The zero-order valence-electron chi connectivity index (χ0n) is 15.9. The van der Waals surface area contributed by atoms with Gasteiger partial charge in [-0.25, -0.2) is 4.79 Å². The Hall–Kier alpha value is -0.883. The maximum absolute atomic E-state index is 12.4. The summed E-state index contributed by atoms with van der Waals surface area (Å²) in [5.41, 5.74) is -0.540. The molecule has 6 heteroatoms. The molecule has 1 amide bonds. The molecule has 0 aromatic carbocycles. The van der Waals surface area contributed by atoms with Crippen molar-refractivity contribution >= 4 is 20.7 Å². The van der Waals surface area contributed by atoms with E-state index in [1.807, 2.05) is 20.8 Å². The number of carbonyl (C=O) groups excluding carboxylic acids is 2. The summed E-state index contributed by atoms with van der Waals surface area (Å²) < 4.78 is 11.7. The number of ether oxygens (including phenoxy) is 1. The summed E-state index contributed by atoms with van der Waals surface area (Å²) in [5.74, 6) is -0.129. The molecule has 0 aromatic heterocycles. The molecule has 0 radical (unpaired) electrons. The van der Waals surface area contributed by atoms with Crippen LogP contribution in [0.25, 0.3) is 0 Å². The van der Waals surface area contributed by atoms with Gasteiger partial charge >= 0.3 is 6.09 Å². The molecule has 1 aliphatic heterocycles. The van der Waals surface area contributed by atoms with Crippen LogP contribution in [0, 0.1) is 5.92 Å². The van der Waals surface area contributed by atoms with E-state index in [9.17, 15) is 9.59 Å². The first-order valence-electron chi connectivity index (χ1n) is 8.36. The van der Waals surface area contributed by atoms with Crippen LogP contribution >= 0.6 is 0 Å². The number of aldehydes is 1. The van der Waals surface area contributed by atoms with Crippen molar-refractivity contribution in [2.75, 3.05) is 13.2 Å². The lowest BCUT2D eigenvalue weighted by atomic mass is 10.1. The molecule has 1 fully saturated rings. The van der Waals surface area contributed by atoms with E-state index < -0.39 is 13.9 Å². The van der Waals surface area contributed by atoms with Gasteiger partial charge in [-0.1, -0.05) is 20.8 Å². The molecule has 2 atom stereocenters.